The number of nitro groups is 2. The lowest BCUT2D eigenvalue weighted by Crippen LogP contribution is -2.10. The van der Waals surface area contributed by atoms with E-state index in [0.717, 1.165) is 11.6 Å². The molecule has 0 fully saturated rings. The lowest BCUT2D eigenvalue weighted by Gasteiger charge is -2.19. The van der Waals surface area contributed by atoms with Crippen LogP contribution in [-0.4, -0.2) is 24.1 Å². The Bertz CT molecular complexity index is 808. The summed E-state index contributed by atoms with van der Waals surface area (Å²) < 4.78 is 10.5. The average Bonchev–Trinajstić information content (AvgIpc) is 2.60. The first-order chi connectivity index (χ1) is 11.9. The zero-order valence-corrected chi connectivity index (χ0v) is 13.9. The highest BCUT2D eigenvalue weighted by molar-refractivity contribution is 5.66. The minimum absolute atomic E-state index is 0.174. The van der Waals surface area contributed by atoms with Crippen molar-refractivity contribution >= 4 is 17.1 Å². The summed E-state index contributed by atoms with van der Waals surface area (Å²) in [6.45, 7) is 1.79. The predicted molar refractivity (Wildman–Crippen MR) is 91.3 cm³/mol. The highest BCUT2D eigenvalue weighted by Crippen LogP contribution is 2.35. The van der Waals surface area contributed by atoms with Gasteiger partial charge in [0.1, 0.15) is 17.2 Å². The SMILES string of the molecule is COc1ccc(OC)c([C@H](C)Nc2ccc([N+](=O)[O-])cc2[N+](=O)[O-])c1. The molecule has 0 heterocycles. The van der Waals surface area contributed by atoms with Gasteiger partial charge in [-0.25, -0.2) is 0 Å². The van der Waals surface area contributed by atoms with Gasteiger partial charge in [0.05, 0.1) is 36.2 Å². The molecule has 0 unspecified atom stereocenters. The van der Waals surface area contributed by atoms with E-state index in [1.54, 1.807) is 25.1 Å². The van der Waals surface area contributed by atoms with Crippen molar-refractivity contribution in [3.05, 3.63) is 62.2 Å². The first-order valence-corrected chi connectivity index (χ1v) is 7.28. The van der Waals surface area contributed by atoms with Gasteiger partial charge >= 0.3 is 0 Å². The Morgan fingerprint density at radius 2 is 1.72 bits per heavy atom. The van der Waals surface area contributed by atoms with Gasteiger partial charge in [0.25, 0.3) is 11.4 Å². The summed E-state index contributed by atoms with van der Waals surface area (Å²) in [6.07, 6.45) is 0. The maximum absolute atomic E-state index is 11.2. The summed E-state index contributed by atoms with van der Waals surface area (Å²) in [5.41, 5.74) is 0.189. The maximum atomic E-state index is 11.2. The third-order valence-corrected chi connectivity index (χ3v) is 3.66. The van der Waals surface area contributed by atoms with Crippen LogP contribution in [-0.2, 0) is 0 Å². The van der Waals surface area contributed by atoms with Crippen molar-refractivity contribution in [1.29, 1.82) is 0 Å². The molecule has 0 aliphatic carbocycles. The van der Waals surface area contributed by atoms with E-state index in [-0.39, 0.29) is 23.1 Å². The van der Waals surface area contributed by atoms with E-state index in [9.17, 15) is 20.2 Å². The Morgan fingerprint density at radius 1 is 1.00 bits per heavy atom. The number of anilines is 1. The highest BCUT2D eigenvalue weighted by atomic mass is 16.6. The van der Waals surface area contributed by atoms with E-state index in [2.05, 4.69) is 5.32 Å². The van der Waals surface area contributed by atoms with Crippen molar-refractivity contribution in [2.75, 3.05) is 19.5 Å². The van der Waals surface area contributed by atoms with E-state index >= 15 is 0 Å². The number of benzene rings is 2. The molecule has 1 N–H and O–H groups in total. The molecule has 1 atom stereocenters. The van der Waals surface area contributed by atoms with Gasteiger partial charge in [0.2, 0.25) is 0 Å². The number of hydrogen-bond donors (Lipinski definition) is 1. The van der Waals surface area contributed by atoms with Crippen molar-refractivity contribution in [1.82, 2.24) is 0 Å². The van der Waals surface area contributed by atoms with E-state index in [0.29, 0.717) is 11.5 Å². The molecule has 0 aliphatic rings. The second-order valence-corrected chi connectivity index (χ2v) is 5.19. The molecule has 9 nitrogen and oxygen atoms in total. The number of non-ortho nitro benzene ring substituents is 1. The fourth-order valence-electron chi connectivity index (χ4n) is 2.40. The molecule has 0 bridgehead atoms. The second kappa shape index (κ2) is 7.47. The summed E-state index contributed by atoms with van der Waals surface area (Å²) in [7, 11) is 3.05. The standard InChI is InChI=1S/C16H17N3O6/c1-10(13-9-12(24-2)5-7-16(13)25-3)17-14-6-4-11(18(20)21)8-15(14)19(22)23/h4-10,17H,1-3H3/t10-/m0/s1. The predicted octanol–water partition coefficient (Wildman–Crippen LogP) is 3.69. The van der Waals surface area contributed by atoms with Crippen LogP contribution in [0.5, 0.6) is 11.5 Å². The van der Waals surface area contributed by atoms with Crippen molar-refractivity contribution in [2.45, 2.75) is 13.0 Å². The fourth-order valence-corrected chi connectivity index (χ4v) is 2.40. The zero-order valence-electron chi connectivity index (χ0n) is 13.9. The molecule has 9 heteroatoms. The molecule has 0 radical (unpaired) electrons. The largest absolute Gasteiger partial charge is 0.497 e. The Balaban J connectivity index is 2.39. The van der Waals surface area contributed by atoms with Crippen LogP contribution in [0, 0.1) is 20.2 Å². The minimum atomic E-state index is -0.675. The third-order valence-electron chi connectivity index (χ3n) is 3.66. The van der Waals surface area contributed by atoms with Crippen LogP contribution >= 0.6 is 0 Å². The molecule has 0 amide bonds. The molecule has 2 rings (SSSR count). The number of methoxy groups -OCH3 is 2. The third kappa shape index (κ3) is 3.94. The lowest BCUT2D eigenvalue weighted by molar-refractivity contribution is -0.393. The molecule has 0 saturated carbocycles. The monoisotopic (exact) mass is 347 g/mol. The van der Waals surface area contributed by atoms with Gasteiger partial charge in [-0.2, -0.15) is 0 Å². The number of nitro benzene ring substituents is 2. The molecule has 0 aromatic heterocycles. The second-order valence-electron chi connectivity index (χ2n) is 5.19. The van der Waals surface area contributed by atoms with Gasteiger partial charge in [0, 0.05) is 11.6 Å². The summed E-state index contributed by atoms with van der Waals surface area (Å²) in [4.78, 5) is 20.7. The summed E-state index contributed by atoms with van der Waals surface area (Å²) in [5, 5.41) is 25.1. The quantitative estimate of drug-likeness (QED) is 0.599. The van der Waals surface area contributed by atoms with Crippen LogP contribution in [0.15, 0.2) is 36.4 Å². The average molecular weight is 347 g/mol. The Labute approximate surface area is 143 Å². The summed E-state index contributed by atoms with van der Waals surface area (Å²) in [5.74, 6) is 1.20. The molecule has 0 saturated heterocycles. The zero-order chi connectivity index (χ0) is 18.6. The maximum Gasteiger partial charge on any atom is 0.299 e. The van der Waals surface area contributed by atoms with Crippen LogP contribution < -0.4 is 14.8 Å². The fraction of sp³-hybridized carbons (Fsp3) is 0.250. The van der Waals surface area contributed by atoms with Gasteiger partial charge in [-0.05, 0) is 31.2 Å². The highest BCUT2D eigenvalue weighted by Gasteiger charge is 2.22. The van der Waals surface area contributed by atoms with Crippen LogP contribution in [0.2, 0.25) is 0 Å². The van der Waals surface area contributed by atoms with Crippen molar-refractivity contribution in [2.24, 2.45) is 0 Å². The number of ether oxygens (including phenoxy) is 2. The Hall–Kier alpha value is -3.36. The molecular weight excluding hydrogens is 330 g/mol. The van der Waals surface area contributed by atoms with Crippen molar-refractivity contribution < 1.29 is 19.3 Å². The van der Waals surface area contributed by atoms with E-state index in [1.807, 2.05) is 0 Å². The smallest absolute Gasteiger partial charge is 0.299 e. The number of hydrogen-bond acceptors (Lipinski definition) is 7. The Morgan fingerprint density at radius 3 is 2.28 bits per heavy atom. The number of nitrogens with zero attached hydrogens (tertiary/aromatic N) is 2. The first-order valence-electron chi connectivity index (χ1n) is 7.28. The molecule has 132 valence electrons. The van der Waals surface area contributed by atoms with Gasteiger partial charge in [0.15, 0.2) is 0 Å². The topological polar surface area (TPSA) is 117 Å². The molecule has 0 spiro atoms. The van der Waals surface area contributed by atoms with Crippen LogP contribution in [0.25, 0.3) is 0 Å². The minimum Gasteiger partial charge on any atom is -0.497 e. The van der Waals surface area contributed by atoms with Crippen molar-refractivity contribution in [3.63, 3.8) is 0 Å². The van der Waals surface area contributed by atoms with Gasteiger partial charge in [-0.3, -0.25) is 20.2 Å². The molecule has 2 aromatic rings. The molecule has 25 heavy (non-hydrogen) atoms. The number of rotatable bonds is 7. The normalized spacial score (nSPS) is 11.5. The van der Waals surface area contributed by atoms with E-state index < -0.39 is 9.85 Å². The van der Waals surface area contributed by atoms with E-state index in [4.69, 9.17) is 9.47 Å². The van der Waals surface area contributed by atoms with Crippen LogP contribution in [0.1, 0.15) is 18.5 Å². The van der Waals surface area contributed by atoms with Crippen LogP contribution in [0.3, 0.4) is 0 Å². The molecule has 0 aliphatic heterocycles. The van der Waals surface area contributed by atoms with Crippen molar-refractivity contribution in [3.8, 4) is 11.5 Å². The first kappa shape index (κ1) is 18.0. The lowest BCUT2D eigenvalue weighted by atomic mass is 10.1. The molecule has 2 aromatic carbocycles. The van der Waals surface area contributed by atoms with Crippen LogP contribution in [0.4, 0.5) is 17.1 Å². The summed E-state index contributed by atoms with van der Waals surface area (Å²) in [6, 6.07) is 8.32. The van der Waals surface area contributed by atoms with E-state index in [1.165, 1.54) is 26.4 Å². The summed E-state index contributed by atoms with van der Waals surface area (Å²) >= 11 is 0. The van der Waals surface area contributed by atoms with Gasteiger partial charge in [-0.1, -0.05) is 0 Å². The number of nitrogens with one attached hydrogen (secondary N) is 1. The van der Waals surface area contributed by atoms with Gasteiger partial charge in [-0.15, -0.1) is 0 Å². The Kier molecular flexibility index (Phi) is 5.38. The van der Waals surface area contributed by atoms with Gasteiger partial charge < -0.3 is 14.8 Å². The molecular formula is C16H17N3O6.